The van der Waals surface area contributed by atoms with E-state index in [0.29, 0.717) is 13.0 Å². The Kier molecular flexibility index (Phi) is 12.8. The Labute approximate surface area is 221 Å². The van der Waals surface area contributed by atoms with Crippen molar-refractivity contribution in [3.63, 3.8) is 0 Å². The smallest absolute Gasteiger partial charge is 0.255 e. The SMILES string of the molecule is CC(C)C[C@@H](C(=O)NN(CC(C)C)C(=O)CN1CCN(C)CC1)[C@H](CC=Cc1ccccc1)C(=O)NO. The molecule has 0 aromatic heterocycles. The van der Waals surface area contributed by atoms with E-state index in [2.05, 4.69) is 22.3 Å². The summed E-state index contributed by atoms with van der Waals surface area (Å²) < 4.78 is 0. The zero-order valence-electron chi connectivity index (χ0n) is 23.0. The summed E-state index contributed by atoms with van der Waals surface area (Å²) in [5.41, 5.74) is 5.57. The largest absolute Gasteiger partial charge is 0.304 e. The van der Waals surface area contributed by atoms with E-state index in [0.717, 1.165) is 31.7 Å². The van der Waals surface area contributed by atoms with Crippen LogP contribution in [0.2, 0.25) is 0 Å². The van der Waals surface area contributed by atoms with Crippen molar-refractivity contribution in [3.8, 4) is 0 Å². The zero-order chi connectivity index (χ0) is 27.4. The molecule has 37 heavy (non-hydrogen) atoms. The van der Waals surface area contributed by atoms with Crippen LogP contribution >= 0.6 is 0 Å². The number of rotatable bonds is 12. The van der Waals surface area contributed by atoms with Crippen LogP contribution < -0.4 is 10.9 Å². The predicted molar refractivity (Wildman–Crippen MR) is 145 cm³/mol. The second kappa shape index (κ2) is 15.5. The lowest BCUT2D eigenvalue weighted by molar-refractivity contribution is -0.148. The Hall–Kier alpha value is -2.75. The van der Waals surface area contributed by atoms with Crippen LogP contribution in [-0.4, -0.2) is 84.1 Å². The number of carbonyl (C=O) groups is 3. The van der Waals surface area contributed by atoms with Gasteiger partial charge in [0.15, 0.2) is 0 Å². The molecular weight excluding hydrogens is 470 g/mol. The molecule has 0 spiro atoms. The summed E-state index contributed by atoms with van der Waals surface area (Å²) in [5, 5.41) is 10.9. The molecule has 3 N–H and O–H groups in total. The number of nitrogens with one attached hydrogen (secondary N) is 2. The van der Waals surface area contributed by atoms with Crippen molar-refractivity contribution >= 4 is 23.8 Å². The average molecular weight is 516 g/mol. The third-order valence-corrected chi connectivity index (χ3v) is 6.54. The first-order chi connectivity index (χ1) is 17.6. The van der Waals surface area contributed by atoms with Gasteiger partial charge in [-0.25, -0.2) is 5.48 Å². The number of hydrogen-bond donors (Lipinski definition) is 3. The molecule has 1 fully saturated rings. The zero-order valence-corrected chi connectivity index (χ0v) is 23.0. The van der Waals surface area contributed by atoms with Crippen LogP contribution in [0, 0.1) is 23.7 Å². The fourth-order valence-corrected chi connectivity index (χ4v) is 4.49. The molecule has 1 aliphatic rings. The Morgan fingerprint density at radius 2 is 1.62 bits per heavy atom. The monoisotopic (exact) mass is 515 g/mol. The summed E-state index contributed by atoms with van der Waals surface area (Å²) in [6, 6.07) is 9.68. The van der Waals surface area contributed by atoms with Crippen LogP contribution in [0.5, 0.6) is 0 Å². The van der Waals surface area contributed by atoms with Crippen molar-refractivity contribution in [2.24, 2.45) is 23.7 Å². The number of carbonyl (C=O) groups excluding carboxylic acids is 3. The van der Waals surface area contributed by atoms with Crippen LogP contribution in [0.4, 0.5) is 0 Å². The quantitative estimate of drug-likeness (QED) is 0.292. The minimum atomic E-state index is -0.791. The van der Waals surface area contributed by atoms with Gasteiger partial charge in [-0.2, -0.15) is 0 Å². The summed E-state index contributed by atoms with van der Waals surface area (Å²) >= 11 is 0. The Morgan fingerprint density at radius 1 is 0.973 bits per heavy atom. The van der Waals surface area contributed by atoms with Gasteiger partial charge in [0.05, 0.1) is 18.4 Å². The third-order valence-electron chi connectivity index (χ3n) is 6.54. The van der Waals surface area contributed by atoms with Crippen molar-refractivity contribution < 1.29 is 19.6 Å². The van der Waals surface area contributed by atoms with Crippen LogP contribution in [0.25, 0.3) is 6.08 Å². The first kappa shape index (κ1) is 30.5. The molecule has 0 saturated carbocycles. The molecule has 9 nitrogen and oxygen atoms in total. The van der Waals surface area contributed by atoms with E-state index in [4.69, 9.17) is 0 Å². The predicted octanol–water partition coefficient (Wildman–Crippen LogP) is 2.64. The van der Waals surface area contributed by atoms with E-state index in [1.807, 2.05) is 70.2 Å². The average Bonchev–Trinajstić information content (AvgIpc) is 2.86. The topological polar surface area (TPSA) is 105 Å². The molecule has 0 radical (unpaired) electrons. The maximum atomic E-state index is 13.6. The van der Waals surface area contributed by atoms with Gasteiger partial charge in [0.25, 0.3) is 5.91 Å². The summed E-state index contributed by atoms with van der Waals surface area (Å²) in [6.45, 7) is 11.9. The molecule has 3 amide bonds. The molecule has 206 valence electrons. The van der Waals surface area contributed by atoms with Gasteiger partial charge in [-0.05, 0) is 37.3 Å². The van der Waals surface area contributed by atoms with Gasteiger partial charge in [0.1, 0.15) is 0 Å². The number of nitrogens with zero attached hydrogens (tertiary/aromatic N) is 3. The number of piperazine rings is 1. The van der Waals surface area contributed by atoms with Gasteiger partial charge in [0.2, 0.25) is 11.8 Å². The number of hydrogen-bond acceptors (Lipinski definition) is 6. The van der Waals surface area contributed by atoms with Crippen molar-refractivity contribution in [1.29, 1.82) is 0 Å². The minimum Gasteiger partial charge on any atom is -0.304 e. The molecule has 0 unspecified atom stereocenters. The van der Waals surface area contributed by atoms with Crippen molar-refractivity contribution in [3.05, 3.63) is 42.0 Å². The van der Waals surface area contributed by atoms with Gasteiger partial charge in [-0.3, -0.25) is 34.9 Å². The highest BCUT2D eigenvalue weighted by Gasteiger charge is 2.35. The Morgan fingerprint density at radius 3 is 2.19 bits per heavy atom. The lowest BCUT2D eigenvalue weighted by Gasteiger charge is -2.34. The first-order valence-corrected chi connectivity index (χ1v) is 13.3. The molecule has 1 aromatic carbocycles. The molecular formula is C28H45N5O4. The maximum absolute atomic E-state index is 13.6. The van der Waals surface area contributed by atoms with Crippen LogP contribution in [0.15, 0.2) is 36.4 Å². The number of amides is 3. The first-order valence-electron chi connectivity index (χ1n) is 13.3. The molecule has 0 bridgehead atoms. The summed E-state index contributed by atoms with van der Waals surface area (Å²) in [7, 11) is 2.06. The molecule has 1 aliphatic heterocycles. The van der Waals surface area contributed by atoms with Gasteiger partial charge in [-0.1, -0.05) is 70.2 Å². The summed E-state index contributed by atoms with van der Waals surface area (Å²) in [5.74, 6) is -2.41. The standard InChI is InChI=1S/C28H45N5O4/c1-21(2)18-25(24(28(36)30-37)13-9-12-23-10-7-6-8-11-23)27(35)29-33(19-22(3)4)26(34)20-32-16-14-31(5)15-17-32/h6-12,21-22,24-25,37H,13-20H2,1-5H3,(H,29,35)(H,30,36)/t24-,25+/m0/s1. The number of hydroxylamine groups is 1. The number of allylic oxidation sites excluding steroid dienone is 1. The number of likely N-dealkylation sites (N-methyl/N-ethyl adjacent to an activating group) is 1. The molecule has 2 rings (SSSR count). The highest BCUT2D eigenvalue weighted by Crippen LogP contribution is 2.25. The second-order valence-electron chi connectivity index (χ2n) is 10.8. The fourth-order valence-electron chi connectivity index (χ4n) is 4.49. The van der Waals surface area contributed by atoms with Gasteiger partial charge < -0.3 is 4.90 Å². The molecule has 0 aliphatic carbocycles. The van der Waals surface area contributed by atoms with Crippen molar-refractivity contribution in [1.82, 2.24) is 25.7 Å². The lowest BCUT2D eigenvalue weighted by Crippen LogP contribution is -2.55. The van der Waals surface area contributed by atoms with Gasteiger partial charge in [0, 0.05) is 32.7 Å². The molecule has 1 aromatic rings. The number of hydrazine groups is 1. The van der Waals surface area contributed by atoms with Crippen molar-refractivity contribution in [2.45, 2.75) is 40.5 Å². The summed E-state index contributed by atoms with van der Waals surface area (Å²) in [4.78, 5) is 43.8. The van der Waals surface area contributed by atoms with Gasteiger partial charge in [-0.15, -0.1) is 0 Å². The molecule has 2 atom stereocenters. The number of benzene rings is 1. The second-order valence-corrected chi connectivity index (χ2v) is 10.8. The van der Waals surface area contributed by atoms with Crippen LogP contribution in [-0.2, 0) is 14.4 Å². The van der Waals surface area contributed by atoms with Gasteiger partial charge >= 0.3 is 0 Å². The normalized spacial score (nSPS) is 16.6. The van der Waals surface area contributed by atoms with E-state index in [9.17, 15) is 19.6 Å². The van der Waals surface area contributed by atoms with Crippen LogP contribution in [0.1, 0.15) is 46.1 Å². The summed E-state index contributed by atoms with van der Waals surface area (Å²) in [6.07, 6.45) is 4.45. The Balaban J connectivity index is 2.19. The molecule has 1 heterocycles. The van der Waals surface area contributed by atoms with E-state index in [1.54, 1.807) is 5.48 Å². The minimum absolute atomic E-state index is 0.127. The van der Waals surface area contributed by atoms with E-state index in [1.165, 1.54) is 5.01 Å². The highest BCUT2D eigenvalue weighted by atomic mass is 16.5. The highest BCUT2D eigenvalue weighted by molar-refractivity contribution is 5.89. The van der Waals surface area contributed by atoms with E-state index >= 15 is 0 Å². The fraction of sp³-hybridized carbons (Fsp3) is 0.607. The van der Waals surface area contributed by atoms with E-state index in [-0.39, 0.29) is 36.6 Å². The molecule has 9 heteroatoms. The third kappa shape index (κ3) is 10.6. The van der Waals surface area contributed by atoms with Crippen molar-refractivity contribution in [2.75, 3.05) is 46.3 Å². The van der Waals surface area contributed by atoms with Crippen LogP contribution in [0.3, 0.4) is 0 Å². The van der Waals surface area contributed by atoms with E-state index < -0.39 is 17.7 Å². The molecule has 1 saturated heterocycles. The maximum Gasteiger partial charge on any atom is 0.255 e. The Bertz CT molecular complexity index is 882. The lowest BCUT2D eigenvalue weighted by atomic mass is 9.82.